The summed E-state index contributed by atoms with van der Waals surface area (Å²) in [6.07, 6.45) is 13.3. The monoisotopic (exact) mass is 443 g/mol. The summed E-state index contributed by atoms with van der Waals surface area (Å²) in [4.78, 5) is 19.7. The fourth-order valence-electron chi connectivity index (χ4n) is 3.60. The van der Waals surface area contributed by atoms with Crippen LogP contribution in [-0.2, 0) is 17.6 Å². The zero-order valence-electron chi connectivity index (χ0n) is 19.5. The number of nitrogens with one attached hydrogen (secondary N) is 2. The van der Waals surface area contributed by atoms with Gasteiger partial charge in [-0.1, -0.05) is 55.5 Å². The molecule has 1 atom stereocenters. The molecule has 0 aliphatic carbocycles. The molecule has 3 rings (SSSR count). The van der Waals surface area contributed by atoms with Crippen LogP contribution in [0.4, 0.5) is 0 Å². The van der Waals surface area contributed by atoms with Crippen molar-refractivity contribution in [1.82, 2.24) is 15.3 Å². The lowest BCUT2D eigenvalue weighted by atomic mass is 9.98. The van der Waals surface area contributed by atoms with Crippen molar-refractivity contribution in [2.45, 2.75) is 52.0 Å². The van der Waals surface area contributed by atoms with Crippen molar-refractivity contribution >= 4 is 5.91 Å². The Labute approximate surface area is 196 Å². The fraction of sp³-hybridized carbons (Fsp3) is 0.286. The van der Waals surface area contributed by atoms with Gasteiger partial charge in [0.15, 0.2) is 0 Å². The standard InChI is InChI=1S/C28H33N3O2/c1-3-5-13-25(4-2)33-26-17-15-23(16-18-26)27(14-9-12-22-10-7-6-8-11-22)31-28(32)19-24-20-29-21-30-24/h4-8,10-11,13,15-18,20-21,27H,3,9,12,14,19H2,1-2H3,(H,29,30)(H,31,32)/b13-5-,25-4+/t27-/m0/s1. The van der Waals surface area contributed by atoms with Gasteiger partial charge in [0.1, 0.15) is 11.5 Å². The van der Waals surface area contributed by atoms with Crippen molar-refractivity contribution in [1.29, 1.82) is 0 Å². The quantitative estimate of drug-likeness (QED) is 0.263. The highest BCUT2D eigenvalue weighted by molar-refractivity contribution is 5.78. The van der Waals surface area contributed by atoms with Gasteiger partial charge in [0.2, 0.25) is 5.91 Å². The van der Waals surface area contributed by atoms with E-state index in [9.17, 15) is 4.79 Å². The Morgan fingerprint density at radius 1 is 1.15 bits per heavy atom. The molecule has 5 nitrogen and oxygen atoms in total. The van der Waals surface area contributed by atoms with Crippen molar-refractivity contribution in [3.63, 3.8) is 0 Å². The van der Waals surface area contributed by atoms with E-state index in [4.69, 9.17) is 4.74 Å². The second kappa shape index (κ2) is 13.1. The normalized spacial score (nSPS) is 12.6. The zero-order chi connectivity index (χ0) is 23.3. The second-order valence-electron chi connectivity index (χ2n) is 7.92. The number of rotatable bonds is 12. The van der Waals surface area contributed by atoms with Gasteiger partial charge in [-0.05, 0) is 68.0 Å². The first-order valence-electron chi connectivity index (χ1n) is 11.6. The number of hydrogen-bond acceptors (Lipinski definition) is 3. The van der Waals surface area contributed by atoms with Crippen LogP contribution in [0.5, 0.6) is 5.75 Å². The van der Waals surface area contributed by atoms with Gasteiger partial charge >= 0.3 is 0 Å². The summed E-state index contributed by atoms with van der Waals surface area (Å²) in [5.41, 5.74) is 3.18. The zero-order valence-corrected chi connectivity index (χ0v) is 19.5. The van der Waals surface area contributed by atoms with Gasteiger partial charge in [-0.3, -0.25) is 4.79 Å². The van der Waals surface area contributed by atoms with E-state index >= 15 is 0 Å². The van der Waals surface area contributed by atoms with Gasteiger partial charge in [-0.15, -0.1) is 0 Å². The first-order chi connectivity index (χ1) is 16.2. The third-order valence-corrected chi connectivity index (χ3v) is 5.36. The molecule has 1 heterocycles. The molecule has 0 radical (unpaired) electrons. The van der Waals surface area contributed by atoms with Crippen molar-refractivity contribution in [3.8, 4) is 5.75 Å². The Bertz CT molecular complexity index is 1020. The molecule has 0 fully saturated rings. The number of aryl methyl sites for hydroxylation is 1. The van der Waals surface area contributed by atoms with Gasteiger partial charge in [0.25, 0.3) is 0 Å². The van der Waals surface area contributed by atoms with Crippen LogP contribution in [0, 0.1) is 0 Å². The third kappa shape index (κ3) is 8.11. The van der Waals surface area contributed by atoms with Gasteiger partial charge in [-0.25, -0.2) is 4.98 Å². The van der Waals surface area contributed by atoms with Crippen LogP contribution < -0.4 is 10.1 Å². The topological polar surface area (TPSA) is 67.0 Å². The highest BCUT2D eigenvalue weighted by Gasteiger charge is 2.16. The average molecular weight is 444 g/mol. The summed E-state index contributed by atoms with van der Waals surface area (Å²) >= 11 is 0. The highest BCUT2D eigenvalue weighted by atomic mass is 16.5. The van der Waals surface area contributed by atoms with E-state index in [2.05, 4.69) is 52.5 Å². The van der Waals surface area contributed by atoms with Gasteiger partial charge in [0.05, 0.1) is 18.8 Å². The second-order valence-corrected chi connectivity index (χ2v) is 7.92. The van der Waals surface area contributed by atoms with E-state index in [0.29, 0.717) is 0 Å². The lowest BCUT2D eigenvalue weighted by Crippen LogP contribution is -2.30. The van der Waals surface area contributed by atoms with Crippen molar-refractivity contribution in [2.24, 2.45) is 0 Å². The maximum Gasteiger partial charge on any atom is 0.226 e. The molecule has 0 aliphatic rings. The molecule has 0 unspecified atom stereocenters. The molecule has 5 heteroatoms. The maximum absolute atomic E-state index is 12.7. The predicted octanol–water partition coefficient (Wildman–Crippen LogP) is 6.08. The largest absolute Gasteiger partial charge is 0.458 e. The molecule has 172 valence electrons. The summed E-state index contributed by atoms with van der Waals surface area (Å²) in [6.45, 7) is 4.05. The molecule has 1 aromatic heterocycles. The van der Waals surface area contributed by atoms with E-state index in [1.165, 1.54) is 5.56 Å². The van der Waals surface area contributed by atoms with Crippen LogP contribution in [0.1, 0.15) is 56.0 Å². The van der Waals surface area contributed by atoms with E-state index < -0.39 is 0 Å². The molecule has 0 spiro atoms. The number of allylic oxidation sites excluding steroid dienone is 3. The summed E-state index contributed by atoms with van der Waals surface area (Å²) in [5.74, 6) is 1.57. The van der Waals surface area contributed by atoms with Gasteiger partial charge in [0, 0.05) is 11.9 Å². The minimum atomic E-state index is -0.0700. The SMILES string of the molecule is C/C=C(\C=C/CC)Oc1ccc([C@H](CCCc2ccccc2)NC(=O)Cc2cnc[nH]2)cc1. The van der Waals surface area contributed by atoms with Gasteiger partial charge in [-0.2, -0.15) is 0 Å². The number of nitrogens with zero attached hydrogens (tertiary/aromatic N) is 1. The van der Waals surface area contributed by atoms with E-state index in [-0.39, 0.29) is 18.4 Å². The Hall–Kier alpha value is -3.60. The highest BCUT2D eigenvalue weighted by Crippen LogP contribution is 2.24. The molecule has 0 bridgehead atoms. The minimum Gasteiger partial charge on any atom is -0.458 e. The lowest BCUT2D eigenvalue weighted by molar-refractivity contribution is -0.121. The molecule has 1 amide bonds. The molecule has 0 saturated carbocycles. The van der Waals surface area contributed by atoms with Crippen molar-refractivity contribution in [2.75, 3.05) is 0 Å². The van der Waals surface area contributed by atoms with Crippen LogP contribution in [0.2, 0.25) is 0 Å². The van der Waals surface area contributed by atoms with Crippen LogP contribution in [0.25, 0.3) is 0 Å². The summed E-state index contributed by atoms with van der Waals surface area (Å²) in [7, 11) is 0. The molecule has 2 N–H and O–H groups in total. The van der Waals surface area contributed by atoms with E-state index in [0.717, 1.165) is 48.4 Å². The first-order valence-corrected chi connectivity index (χ1v) is 11.6. The van der Waals surface area contributed by atoms with Gasteiger partial charge < -0.3 is 15.0 Å². The van der Waals surface area contributed by atoms with E-state index in [1.54, 1.807) is 12.5 Å². The maximum atomic E-state index is 12.7. The minimum absolute atomic E-state index is 0.0230. The molecule has 0 saturated heterocycles. The number of amides is 1. The molecule has 0 aliphatic heterocycles. The average Bonchev–Trinajstić information content (AvgIpc) is 3.35. The smallest absolute Gasteiger partial charge is 0.226 e. The molecule has 3 aromatic rings. The number of H-pyrrole nitrogens is 1. The predicted molar refractivity (Wildman–Crippen MR) is 133 cm³/mol. The fourth-order valence-corrected chi connectivity index (χ4v) is 3.60. The number of carbonyl (C=O) groups is 1. The molecular weight excluding hydrogens is 410 g/mol. The Balaban J connectivity index is 1.67. The molecule has 33 heavy (non-hydrogen) atoms. The molecule has 2 aromatic carbocycles. The number of carbonyl (C=O) groups excluding carboxylic acids is 1. The third-order valence-electron chi connectivity index (χ3n) is 5.36. The summed E-state index contributed by atoms with van der Waals surface area (Å²) < 4.78 is 5.97. The van der Waals surface area contributed by atoms with Crippen LogP contribution in [-0.4, -0.2) is 15.9 Å². The Morgan fingerprint density at radius 3 is 2.61 bits per heavy atom. The van der Waals surface area contributed by atoms with Crippen LogP contribution >= 0.6 is 0 Å². The number of aromatic nitrogens is 2. The Kier molecular flexibility index (Phi) is 9.52. The summed E-state index contributed by atoms with van der Waals surface area (Å²) in [6, 6.07) is 18.4. The Morgan fingerprint density at radius 2 is 1.94 bits per heavy atom. The van der Waals surface area contributed by atoms with Crippen molar-refractivity contribution < 1.29 is 9.53 Å². The van der Waals surface area contributed by atoms with Crippen LogP contribution in [0.3, 0.4) is 0 Å². The lowest BCUT2D eigenvalue weighted by Gasteiger charge is -2.20. The number of ether oxygens (including phenoxy) is 1. The first kappa shape index (κ1) is 24.1. The van der Waals surface area contributed by atoms with Crippen LogP contribution in [0.15, 0.2) is 91.1 Å². The number of hydrogen-bond donors (Lipinski definition) is 2. The number of imidazole rings is 1. The number of aromatic amines is 1. The number of benzene rings is 2. The van der Waals surface area contributed by atoms with Crippen molar-refractivity contribution in [3.05, 3.63) is 108 Å². The van der Waals surface area contributed by atoms with E-state index in [1.807, 2.05) is 49.4 Å². The summed E-state index contributed by atoms with van der Waals surface area (Å²) in [5, 5.41) is 3.21. The molecular formula is C28H33N3O2.